The van der Waals surface area contributed by atoms with Gasteiger partial charge in [0.1, 0.15) is 0 Å². The Hall–Kier alpha value is -2.55. The summed E-state index contributed by atoms with van der Waals surface area (Å²) >= 11 is 1.61. The molecule has 8 heteroatoms. The largest absolute Gasteiger partial charge is 0.326 e. The number of nitrogens with one attached hydrogen (secondary N) is 1. The van der Waals surface area contributed by atoms with Crippen LogP contribution < -0.4 is 5.32 Å². The minimum atomic E-state index is -3.38. The van der Waals surface area contributed by atoms with Crippen LogP contribution in [0.4, 0.5) is 5.69 Å². The highest BCUT2D eigenvalue weighted by Gasteiger charge is 2.31. The lowest BCUT2D eigenvalue weighted by Crippen LogP contribution is -2.41. The summed E-state index contributed by atoms with van der Waals surface area (Å²) in [5.74, 6) is -0.253. The molecule has 2 heterocycles. The molecule has 1 fully saturated rings. The number of aromatic nitrogens is 1. The molecule has 0 atom stereocenters. The highest BCUT2D eigenvalue weighted by atomic mass is 32.2. The van der Waals surface area contributed by atoms with Crippen LogP contribution in [0.3, 0.4) is 0 Å². The van der Waals surface area contributed by atoms with E-state index in [0.29, 0.717) is 25.9 Å². The van der Waals surface area contributed by atoms with Crippen molar-refractivity contribution < 1.29 is 13.2 Å². The maximum absolute atomic E-state index is 12.7. The van der Waals surface area contributed by atoms with Crippen molar-refractivity contribution in [3.8, 4) is 11.3 Å². The van der Waals surface area contributed by atoms with Gasteiger partial charge < -0.3 is 5.32 Å². The van der Waals surface area contributed by atoms with E-state index in [2.05, 4.69) is 10.3 Å². The van der Waals surface area contributed by atoms with E-state index in [1.807, 2.05) is 66.9 Å². The van der Waals surface area contributed by atoms with Gasteiger partial charge in [0.05, 0.1) is 16.5 Å². The molecule has 3 aromatic rings. The number of thiazole rings is 1. The van der Waals surface area contributed by atoms with Crippen LogP contribution in [-0.4, -0.2) is 36.7 Å². The van der Waals surface area contributed by atoms with Crippen molar-refractivity contribution in [2.24, 2.45) is 5.92 Å². The first-order valence-corrected chi connectivity index (χ1v) is 12.7. The van der Waals surface area contributed by atoms with Gasteiger partial charge in [0.25, 0.3) is 0 Å². The fourth-order valence-electron chi connectivity index (χ4n) is 3.74. The van der Waals surface area contributed by atoms with Crippen LogP contribution in [0.15, 0.2) is 60.0 Å². The number of aryl methyl sites for hydroxylation is 1. The minimum Gasteiger partial charge on any atom is -0.326 e. The second-order valence-electron chi connectivity index (χ2n) is 7.73. The molecule has 0 bridgehead atoms. The van der Waals surface area contributed by atoms with E-state index in [1.54, 1.807) is 11.3 Å². The zero-order valence-electron chi connectivity index (χ0n) is 17.3. The topological polar surface area (TPSA) is 79.4 Å². The molecule has 0 radical (unpaired) electrons. The number of amides is 1. The predicted molar refractivity (Wildman–Crippen MR) is 124 cm³/mol. The Bertz CT molecular complexity index is 1130. The van der Waals surface area contributed by atoms with Crippen molar-refractivity contribution in [2.45, 2.75) is 25.5 Å². The van der Waals surface area contributed by atoms with E-state index in [4.69, 9.17) is 0 Å². The third-order valence-electron chi connectivity index (χ3n) is 5.48. The molecule has 0 unspecified atom stereocenters. The molecular formula is C23H25N3O3S2. The quantitative estimate of drug-likeness (QED) is 0.601. The van der Waals surface area contributed by atoms with Crippen LogP contribution >= 0.6 is 11.3 Å². The van der Waals surface area contributed by atoms with Crippen molar-refractivity contribution in [2.75, 3.05) is 18.4 Å². The smallest absolute Gasteiger partial charge is 0.227 e. The molecule has 162 valence electrons. The van der Waals surface area contributed by atoms with Gasteiger partial charge in [-0.1, -0.05) is 42.5 Å². The normalized spacial score (nSPS) is 15.6. The van der Waals surface area contributed by atoms with Crippen molar-refractivity contribution in [3.05, 3.63) is 70.5 Å². The summed E-state index contributed by atoms with van der Waals surface area (Å²) in [6, 6.07) is 16.8. The van der Waals surface area contributed by atoms with Crippen LogP contribution in [-0.2, 0) is 20.6 Å². The standard InChI is InChI=1S/C23H25N3O3S2/c1-17-24-22(15-30-17)19-7-9-21(10-8-19)25-23(27)20-11-13-26(14-12-20)31(28,29)16-18-5-3-2-4-6-18/h2-10,15,20H,11-14,16H2,1H3,(H,25,27). The number of hydrogen-bond acceptors (Lipinski definition) is 5. The Kier molecular flexibility index (Phi) is 6.50. The van der Waals surface area contributed by atoms with Crippen LogP contribution in [0.5, 0.6) is 0 Å². The highest BCUT2D eigenvalue weighted by Crippen LogP contribution is 2.25. The summed E-state index contributed by atoms with van der Waals surface area (Å²) in [5.41, 5.74) is 3.46. The first-order valence-electron chi connectivity index (χ1n) is 10.3. The van der Waals surface area contributed by atoms with Crippen LogP contribution in [0.25, 0.3) is 11.3 Å². The van der Waals surface area contributed by atoms with E-state index in [0.717, 1.165) is 27.5 Å². The van der Waals surface area contributed by atoms with Gasteiger partial charge in [0.15, 0.2) is 0 Å². The number of sulfonamides is 1. The molecule has 1 N–H and O–H groups in total. The van der Waals surface area contributed by atoms with Gasteiger partial charge in [0, 0.05) is 35.6 Å². The lowest BCUT2D eigenvalue weighted by molar-refractivity contribution is -0.120. The second kappa shape index (κ2) is 9.30. The molecule has 1 saturated heterocycles. The van der Waals surface area contributed by atoms with E-state index in [1.165, 1.54) is 4.31 Å². The highest BCUT2D eigenvalue weighted by molar-refractivity contribution is 7.88. The summed E-state index contributed by atoms with van der Waals surface area (Å²) in [6.45, 7) is 2.71. The zero-order valence-corrected chi connectivity index (χ0v) is 19.0. The molecule has 0 spiro atoms. The van der Waals surface area contributed by atoms with E-state index in [-0.39, 0.29) is 17.6 Å². The maximum Gasteiger partial charge on any atom is 0.227 e. The molecule has 1 aliphatic rings. The number of carbonyl (C=O) groups excluding carboxylic acids is 1. The number of anilines is 1. The fourth-order valence-corrected chi connectivity index (χ4v) is 5.92. The van der Waals surface area contributed by atoms with Crippen molar-refractivity contribution in [1.29, 1.82) is 0 Å². The number of piperidine rings is 1. The third kappa shape index (κ3) is 5.39. The molecule has 0 saturated carbocycles. The maximum atomic E-state index is 12.7. The lowest BCUT2D eigenvalue weighted by atomic mass is 9.97. The van der Waals surface area contributed by atoms with E-state index < -0.39 is 10.0 Å². The monoisotopic (exact) mass is 455 g/mol. The van der Waals surface area contributed by atoms with Gasteiger partial charge in [-0.15, -0.1) is 11.3 Å². The Morgan fingerprint density at radius 3 is 2.39 bits per heavy atom. The third-order valence-corrected chi connectivity index (χ3v) is 8.10. The summed E-state index contributed by atoms with van der Waals surface area (Å²) in [6.07, 6.45) is 1.05. The minimum absolute atomic E-state index is 0.00440. The fraction of sp³-hybridized carbons (Fsp3) is 0.304. The van der Waals surface area contributed by atoms with Crippen molar-refractivity contribution in [1.82, 2.24) is 9.29 Å². The number of benzene rings is 2. The first-order chi connectivity index (χ1) is 14.9. The number of carbonyl (C=O) groups is 1. The van der Waals surface area contributed by atoms with Gasteiger partial charge >= 0.3 is 0 Å². The number of hydrogen-bond donors (Lipinski definition) is 1. The Balaban J connectivity index is 1.31. The molecular weight excluding hydrogens is 430 g/mol. The van der Waals surface area contributed by atoms with Gasteiger partial charge in [-0.25, -0.2) is 17.7 Å². The Morgan fingerprint density at radius 1 is 1.10 bits per heavy atom. The molecule has 31 heavy (non-hydrogen) atoms. The van der Waals surface area contributed by atoms with Crippen molar-refractivity contribution >= 4 is 33.0 Å². The van der Waals surface area contributed by atoms with Crippen LogP contribution in [0, 0.1) is 12.8 Å². The molecule has 1 aromatic heterocycles. The van der Waals surface area contributed by atoms with Crippen LogP contribution in [0.1, 0.15) is 23.4 Å². The van der Waals surface area contributed by atoms with Gasteiger partial charge in [0.2, 0.25) is 15.9 Å². The van der Waals surface area contributed by atoms with Gasteiger partial charge in [-0.05, 0) is 37.5 Å². The number of nitrogens with zero attached hydrogens (tertiary/aromatic N) is 2. The molecule has 0 aliphatic carbocycles. The lowest BCUT2D eigenvalue weighted by Gasteiger charge is -2.30. The summed E-state index contributed by atoms with van der Waals surface area (Å²) < 4.78 is 26.9. The molecule has 6 nitrogen and oxygen atoms in total. The molecule has 2 aromatic carbocycles. The van der Waals surface area contributed by atoms with Crippen molar-refractivity contribution in [3.63, 3.8) is 0 Å². The first kappa shape index (κ1) is 21.7. The van der Waals surface area contributed by atoms with E-state index in [9.17, 15) is 13.2 Å². The van der Waals surface area contributed by atoms with Gasteiger partial charge in [-0.2, -0.15) is 0 Å². The number of rotatable bonds is 6. The average Bonchev–Trinajstić information content (AvgIpc) is 3.21. The van der Waals surface area contributed by atoms with Gasteiger partial charge in [-0.3, -0.25) is 4.79 Å². The molecule has 1 aliphatic heterocycles. The summed E-state index contributed by atoms with van der Waals surface area (Å²) in [5, 5.41) is 6.00. The zero-order chi connectivity index (χ0) is 21.8. The Morgan fingerprint density at radius 2 is 1.77 bits per heavy atom. The predicted octanol–water partition coefficient (Wildman–Crippen LogP) is 4.30. The van der Waals surface area contributed by atoms with Crippen LogP contribution in [0.2, 0.25) is 0 Å². The van der Waals surface area contributed by atoms with E-state index >= 15 is 0 Å². The molecule has 4 rings (SSSR count). The SMILES string of the molecule is Cc1nc(-c2ccc(NC(=O)C3CCN(S(=O)(=O)Cc4ccccc4)CC3)cc2)cs1. The average molecular weight is 456 g/mol. The summed E-state index contributed by atoms with van der Waals surface area (Å²) in [4.78, 5) is 17.2. The summed E-state index contributed by atoms with van der Waals surface area (Å²) in [7, 11) is -3.38. The second-order valence-corrected chi connectivity index (χ2v) is 10.8. The Labute approximate surface area is 187 Å². The molecule has 1 amide bonds.